The second kappa shape index (κ2) is 8.13. The van der Waals surface area contributed by atoms with E-state index in [4.69, 9.17) is 9.47 Å². The third kappa shape index (κ3) is 3.66. The first-order valence-corrected chi connectivity index (χ1v) is 9.27. The lowest BCUT2D eigenvalue weighted by atomic mass is 10.0. The minimum Gasteiger partial charge on any atom is -0.495 e. The van der Waals surface area contributed by atoms with Gasteiger partial charge in [0, 0.05) is 19.7 Å². The Kier molecular flexibility index (Phi) is 6.27. The second-order valence-corrected chi connectivity index (χ2v) is 7.98. The molecule has 0 aliphatic rings. The molecule has 1 N–H and O–H groups in total. The number of carbonyl (C=O) groups excluding carboxylic acids is 1. The number of esters is 1. The van der Waals surface area contributed by atoms with Gasteiger partial charge in [-0.15, -0.1) is 12.4 Å². The summed E-state index contributed by atoms with van der Waals surface area (Å²) in [6.07, 6.45) is 0. The topological polar surface area (TPSA) is 114 Å². The van der Waals surface area contributed by atoms with Gasteiger partial charge in [-0.3, -0.25) is 0 Å². The van der Waals surface area contributed by atoms with Gasteiger partial charge >= 0.3 is 5.97 Å². The van der Waals surface area contributed by atoms with E-state index in [1.54, 1.807) is 24.3 Å². The van der Waals surface area contributed by atoms with Crippen molar-refractivity contribution in [1.82, 2.24) is 19.7 Å². The van der Waals surface area contributed by atoms with Gasteiger partial charge in [0.05, 0.1) is 19.8 Å². The molecule has 1 aromatic heterocycles. The third-order valence-corrected chi connectivity index (χ3v) is 5.91. The van der Waals surface area contributed by atoms with Crippen LogP contribution in [0.2, 0.25) is 0 Å². The number of ether oxygens (including phenoxy) is 2. The molecule has 150 valence electrons. The van der Waals surface area contributed by atoms with Crippen LogP contribution in [0.3, 0.4) is 0 Å². The first kappa shape index (κ1) is 21.6. The van der Waals surface area contributed by atoms with Crippen LogP contribution in [0.4, 0.5) is 0 Å². The van der Waals surface area contributed by atoms with Gasteiger partial charge in [-0.05, 0) is 29.8 Å². The van der Waals surface area contributed by atoms with Gasteiger partial charge in [0.15, 0.2) is 0 Å². The zero-order chi connectivity index (χ0) is 19.8. The van der Waals surface area contributed by atoms with Crippen molar-refractivity contribution in [2.75, 3.05) is 28.3 Å². The quantitative estimate of drug-likeness (QED) is 0.621. The number of nitrogens with one attached hydrogen (secondary N) is 1. The number of H-pyrrole nitrogens is 1. The number of carbonyl (C=O) groups is 1. The van der Waals surface area contributed by atoms with Crippen molar-refractivity contribution in [3.8, 4) is 16.9 Å². The molecule has 11 heteroatoms. The first-order valence-electron chi connectivity index (χ1n) is 7.83. The molecule has 0 bridgehead atoms. The van der Waals surface area contributed by atoms with Crippen LogP contribution in [0.25, 0.3) is 22.2 Å². The third-order valence-electron chi connectivity index (χ3n) is 4.08. The Balaban J connectivity index is 0.00000280. The predicted octanol–water partition coefficient (Wildman–Crippen LogP) is 2.09. The van der Waals surface area contributed by atoms with E-state index >= 15 is 0 Å². The molecule has 2 aromatic carbocycles. The summed E-state index contributed by atoms with van der Waals surface area (Å²) >= 11 is 0. The smallest absolute Gasteiger partial charge is 0.337 e. The minimum atomic E-state index is -3.75. The number of hydrogen-bond donors (Lipinski definition) is 1. The van der Waals surface area contributed by atoms with Gasteiger partial charge < -0.3 is 9.47 Å². The Bertz CT molecular complexity index is 1130. The largest absolute Gasteiger partial charge is 0.495 e. The first-order chi connectivity index (χ1) is 12.8. The monoisotopic (exact) mass is 426 g/mol. The highest BCUT2D eigenvalue weighted by Gasteiger charge is 2.24. The summed E-state index contributed by atoms with van der Waals surface area (Å²) < 4.78 is 36.4. The van der Waals surface area contributed by atoms with Gasteiger partial charge in [0.2, 0.25) is 10.0 Å². The van der Waals surface area contributed by atoms with Crippen molar-refractivity contribution in [3.63, 3.8) is 0 Å². The molecule has 0 saturated carbocycles. The van der Waals surface area contributed by atoms with Crippen molar-refractivity contribution < 1.29 is 22.7 Å². The molecule has 0 unspecified atom stereocenters. The summed E-state index contributed by atoms with van der Waals surface area (Å²) in [5.41, 5.74) is 2.32. The van der Waals surface area contributed by atoms with E-state index < -0.39 is 16.0 Å². The summed E-state index contributed by atoms with van der Waals surface area (Å²) in [5, 5.41) is 10.6. The lowest BCUT2D eigenvalue weighted by Crippen LogP contribution is -2.22. The highest BCUT2D eigenvalue weighted by molar-refractivity contribution is 7.89. The fraction of sp³-hybridized carbons (Fsp3) is 0.235. The van der Waals surface area contributed by atoms with Crippen LogP contribution >= 0.6 is 12.4 Å². The van der Waals surface area contributed by atoms with Gasteiger partial charge in [-0.1, -0.05) is 6.07 Å². The fourth-order valence-electron chi connectivity index (χ4n) is 2.65. The van der Waals surface area contributed by atoms with E-state index in [1.807, 2.05) is 0 Å². The molecular weight excluding hydrogens is 408 g/mol. The highest BCUT2D eigenvalue weighted by Crippen LogP contribution is 2.34. The minimum absolute atomic E-state index is 0. The molecule has 9 nitrogen and oxygen atoms in total. The van der Waals surface area contributed by atoms with Crippen LogP contribution in [0.15, 0.2) is 35.2 Å². The molecule has 0 saturated heterocycles. The van der Waals surface area contributed by atoms with Crippen molar-refractivity contribution in [1.29, 1.82) is 0 Å². The van der Waals surface area contributed by atoms with E-state index in [-0.39, 0.29) is 28.6 Å². The molecule has 28 heavy (non-hydrogen) atoms. The van der Waals surface area contributed by atoms with Crippen LogP contribution in [0.1, 0.15) is 10.4 Å². The van der Waals surface area contributed by atoms with E-state index in [1.165, 1.54) is 34.4 Å². The summed E-state index contributed by atoms with van der Waals surface area (Å²) in [7, 11) is 1.81. The second-order valence-electron chi connectivity index (χ2n) is 5.86. The number of aromatic amines is 1. The number of halogens is 1. The molecule has 0 aliphatic carbocycles. The van der Waals surface area contributed by atoms with E-state index in [0.717, 1.165) is 4.31 Å². The van der Waals surface area contributed by atoms with Gasteiger partial charge in [0.25, 0.3) is 0 Å². The van der Waals surface area contributed by atoms with Gasteiger partial charge in [-0.25, -0.2) is 17.5 Å². The molecule has 3 aromatic rings. The Morgan fingerprint density at radius 3 is 2.43 bits per heavy atom. The van der Waals surface area contributed by atoms with Crippen LogP contribution < -0.4 is 4.74 Å². The molecule has 0 aliphatic heterocycles. The average molecular weight is 427 g/mol. The van der Waals surface area contributed by atoms with Crippen LogP contribution in [-0.4, -0.2) is 62.4 Å². The van der Waals surface area contributed by atoms with Crippen LogP contribution in [0.5, 0.6) is 5.75 Å². The molecule has 1 heterocycles. The SMILES string of the molecule is COC(=O)c1cc(-c2ccc(OC)c(S(=O)(=O)N(C)C)c2)c2n[nH]nc2c1.Cl. The van der Waals surface area contributed by atoms with Gasteiger partial charge in [0.1, 0.15) is 21.7 Å². The Hall–Kier alpha value is -2.69. The molecule has 3 rings (SSSR count). The number of rotatable bonds is 5. The zero-order valence-corrected chi connectivity index (χ0v) is 17.2. The van der Waals surface area contributed by atoms with E-state index in [2.05, 4.69) is 15.4 Å². The maximum Gasteiger partial charge on any atom is 0.337 e. The molecular formula is C17H19ClN4O5S. The van der Waals surface area contributed by atoms with Gasteiger partial charge in [-0.2, -0.15) is 15.4 Å². The standard InChI is InChI=1S/C17H18N4O5S.ClH/c1-21(2)27(23,24)15-9-10(5-6-14(15)25-3)12-7-11(17(22)26-4)8-13-16(12)19-20-18-13;/h5-9H,1-4H3,(H,18,19,20);1H. The van der Waals surface area contributed by atoms with Crippen LogP contribution in [0, 0.1) is 0 Å². The predicted molar refractivity (Wildman–Crippen MR) is 105 cm³/mol. The molecule has 0 atom stereocenters. The number of benzene rings is 2. The number of nitrogens with zero attached hydrogens (tertiary/aromatic N) is 3. The van der Waals surface area contributed by atoms with E-state index in [0.29, 0.717) is 22.2 Å². The number of fused-ring (bicyclic) bond motifs is 1. The number of methoxy groups -OCH3 is 2. The Morgan fingerprint density at radius 1 is 1.11 bits per heavy atom. The molecule has 0 fully saturated rings. The van der Waals surface area contributed by atoms with Crippen molar-refractivity contribution in [2.24, 2.45) is 0 Å². The lowest BCUT2D eigenvalue weighted by Gasteiger charge is -2.16. The highest BCUT2D eigenvalue weighted by atomic mass is 35.5. The Labute approximate surface area is 168 Å². The summed E-state index contributed by atoms with van der Waals surface area (Å²) in [4.78, 5) is 12.0. The maximum atomic E-state index is 12.7. The van der Waals surface area contributed by atoms with Crippen molar-refractivity contribution >= 4 is 39.4 Å². The molecule has 0 spiro atoms. The lowest BCUT2D eigenvalue weighted by molar-refractivity contribution is 0.0601. The number of sulfonamides is 1. The zero-order valence-electron chi connectivity index (χ0n) is 15.6. The number of aromatic nitrogens is 3. The average Bonchev–Trinajstić information content (AvgIpc) is 3.14. The van der Waals surface area contributed by atoms with E-state index in [9.17, 15) is 13.2 Å². The molecule has 0 amide bonds. The summed E-state index contributed by atoms with van der Waals surface area (Å²) in [6.45, 7) is 0. The summed E-state index contributed by atoms with van der Waals surface area (Å²) in [6, 6.07) is 7.87. The van der Waals surface area contributed by atoms with Crippen molar-refractivity contribution in [2.45, 2.75) is 4.90 Å². The normalized spacial score (nSPS) is 11.3. The van der Waals surface area contributed by atoms with Crippen molar-refractivity contribution in [3.05, 3.63) is 35.9 Å². The number of hydrogen-bond acceptors (Lipinski definition) is 7. The Morgan fingerprint density at radius 2 is 1.82 bits per heavy atom. The fourth-order valence-corrected chi connectivity index (χ4v) is 3.72. The molecule has 0 radical (unpaired) electrons. The summed E-state index contributed by atoms with van der Waals surface area (Å²) in [5.74, 6) is -0.316. The maximum absolute atomic E-state index is 12.7. The van der Waals surface area contributed by atoms with Crippen LogP contribution in [-0.2, 0) is 14.8 Å².